The molecular weight excluding hydrogens is 290 g/mol. The van der Waals surface area contributed by atoms with Gasteiger partial charge in [0.15, 0.2) is 0 Å². The summed E-state index contributed by atoms with van der Waals surface area (Å²) in [6.45, 7) is 4.88. The average Bonchev–Trinajstić information content (AvgIpc) is 2.90. The zero-order chi connectivity index (χ0) is 16.8. The van der Waals surface area contributed by atoms with Gasteiger partial charge in [-0.1, -0.05) is 38.1 Å². The first kappa shape index (κ1) is 17.5. The molecule has 0 aliphatic carbocycles. The second-order valence-corrected chi connectivity index (χ2v) is 5.62. The molecule has 0 aliphatic heterocycles. The van der Waals surface area contributed by atoms with Crippen molar-refractivity contribution in [1.82, 2.24) is 15.1 Å². The molecule has 0 saturated heterocycles. The highest BCUT2D eigenvalue weighted by atomic mass is 16.5. The normalized spacial score (nSPS) is 12.4. The van der Waals surface area contributed by atoms with E-state index in [0.29, 0.717) is 6.54 Å². The van der Waals surface area contributed by atoms with Gasteiger partial charge in [0.25, 0.3) is 0 Å². The van der Waals surface area contributed by atoms with Crippen molar-refractivity contribution >= 4 is 0 Å². The van der Waals surface area contributed by atoms with Crippen LogP contribution in [0.5, 0.6) is 5.88 Å². The van der Waals surface area contributed by atoms with Gasteiger partial charge in [0, 0.05) is 13.6 Å². The molecule has 1 heterocycles. The van der Waals surface area contributed by atoms with E-state index in [4.69, 9.17) is 4.74 Å². The van der Waals surface area contributed by atoms with Crippen molar-refractivity contribution in [2.45, 2.75) is 39.3 Å². The van der Waals surface area contributed by atoms with Crippen LogP contribution in [0.25, 0.3) is 0 Å². The maximum absolute atomic E-state index is 9.73. The van der Waals surface area contributed by atoms with Crippen LogP contribution in [0.4, 0.5) is 0 Å². The number of aliphatic hydroxyl groups is 1. The summed E-state index contributed by atoms with van der Waals surface area (Å²) in [7, 11) is 3.54. The van der Waals surface area contributed by atoms with Gasteiger partial charge in [-0.2, -0.15) is 5.10 Å². The Hall–Kier alpha value is -1.85. The summed E-state index contributed by atoms with van der Waals surface area (Å²) >= 11 is 0. The van der Waals surface area contributed by atoms with Crippen molar-refractivity contribution < 1.29 is 9.84 Å². The van der Waals surface area contributed by atoms with Crippen molar-refractivity contribution in [1.29, 1.82) is 0 Å². The summed E-state index contributed by atoms with van der Waals surface area (Å²) < 4.78 is 7.22. The van der Waals surface area contributed by atoms with E-state index in [2.05, 4.69) is 48.5 Å². The minimum absolute atomic E-state index is 0.0511. The number of ether oxygens (including phenoxy) is 1. The Morgan fingerprint density at radius 1 is 1.22 bits per heavy atom. The van der Waals surface area contributed by atoms with Crippen LogP contribution >= 0.6 is 0 Å². The molecule has 23 heavy (non-hydrogen) atoms. The topological polar surface area (TPSA) is 59.3 Å². The number of benzene rings is 1. The van der Waals surface area contributed by atoms with E-state index in [1.807, 2.05) is 7.05 Å². The van der Waals surface area contributed by atoms with Gasteiger partial charge in [-0.3, -0.25) is 0 Å². The Morgan fingerprint density at radius 2 is 1.91 bits per heavy atom. The molecule has 1 aromatic heterocycles. The fraction of sp³-hybridized carbons (Fsp3) is 0.500. The quantitative estimate of drug-likeness (QED) is 0.785. The predicted molar refractivity (Wildman–Crippen MR) is 91.6 cm³/mol. The number of aliphatic hydroxyl groups excluding tert-OH is 1. The summed E-state index contributed by atoms with van der Waals surface area (Å²) in [6.07, 6.45) is 1.87. The van der Waals surface area contributed by atoms with E-state index < -0.39 is 0 Å². The van der Waals surface area contributed by atoms with E-state index in [0.717, 1.165) is 35.5 Å². The fourth-order valence-corrected chi connectivity index (χ4v) is 2.82. The third kappa shape index (κ3) is 3.92. The lowest BCUT2D eigenvalue weighted by Crippen LogP contribution is -2.24. The van der Waals surface area contributed by atoms with Gasteiger partial charge in [-0.05, 0) is 24.0 Å². The molecule has 1 aromatic carbocycles. The lowest BCUT2D eigenvalue weighted by molar-refractivity contribution is 0.243. The molecular formula is C18H27N3O2. The van der Waals surface area contributed by atoms with Crippen LogP contribution in [0.15, 0.2) is 24.3 Å². The molecule has 5 nitrogen and oxygen atoms in total. The second-order valence-electron chi connectivity index (χ2n) is 5.62. The molecule has 0 fully saturated rings. The van der Waals surface area contributed by atoms with Gasteiger partial charge in [0.2, 0.25) is 5.88 Å². The van der Waals surface area contributed by atoms with Crippen LogP contribution in [0.2, 0.25) is 0 Å². The molecule has 0 amide bonds. The molecule has 0 aliphatic rings. The first-order valence-corrected chi connectivity index (χ1v) is 8.16. The van der Waals surface area contributed by atoms with Gasteiger partial charge in [0.1, 0.15) is 0 Å². The van der Waals surface area contributed by atoms with Gasteiger partial charge in [0.05, 0.1) is 31.0 Å². The van der Waals surface area contributed by atoms with Crippen LogP contribution in [0.3, 0.4) is 0 Å². The predicted octanol–water partition coefficient (Wildman–Crippen LogP) is 2.38. The second kappa shape index (κ2) is 8.13. The lowest BCUT2D eigenvalue weighted by atomic mass is 10.0. The van der Waals surface area contributed by atoms with Crippen LogP contribution in [0, 0.1) is 0 Å². The highest BCUT2D eigenvalue weighted by Gasteiger charge is 2.17. The number of rotatable bonds is 8. The number of nitrogens with zero attached hydrogens (tertiary/aromatic N) is 2. The number of nitrogens with one attached hydrogen (secondary N) is 1. The van der Waals surface area contributed by atoms with Crippen LogP contribution in [-0.4, -0.2) is 28.6 Å². The molecule has 0 bridgehead atoms. The average molecular weight is 317 g/mol. The zero-order valence-electron chi connectivity index (χ0n) is 14.5. The Labute approximate surface area is 138 Å². The molecule has 1 unspecified atom stereocenters. The maximum atomic E-state index is 9.73. The number of hydrogen-bond donors (Lipinski definition) is 2. The van der Waals surface area contributed by atoms with Crippen molar-refractivity contribution in [2.75, 3.05) is 13.7 Å². The molecule has 2 rings (SSSR count). The van der Waals surface area contributed by atoms with Crippen LogP contribution < -0.4 is 10.1 Å². The SMILES string of the molecule is CCc1ccc(C(CO)NCc2c(CC)nn(C)c2OC)cc1. The largest absolute Gasteiger partial charge is 0.481 e. The Kier molecular flexibility index (Phi) is 6.19. The number of hydrogen-bond acceptors (Lipinski definition) is 4. The first-order valence-electron chi connectivity index (χ1n) is 8.16. The van der Waals surface area contributed by atoms with Gasteiger partial charge < -0.3 is 15.2 Å². The van der Waals surface area contributed by atoms with E-state index in [9.17, 15) is 5.11 Å². The number of aromatic nitrogens is 2. The van der Waals surface area contributed by atoms with Crippen LogP contribution in [0.1, 0.15) is 42.3 Å². The van der Waals surface area contributed by atoms with Gasteiger partial charge in [-0.15, -0.1) is 0 Å². The third-order valence-electron chi connectivity index (χ3n) is 4.20. The first-order chi connectivity index (χ1) is 11.1. The van der Waals surface area contributed by atoms with Crippen molar-refractivity contribution in [2.24, 2.45) is 7.05 Å². The molecule has 5 heteroatoms. The summed E-state index contributed by atoms with van der Waals surface area (Å²) in [6, 6.07) is 8.28. The lowest BCUT2D eigenvalue weighted by Gasteiger charge is -2.17. The monoisotopic (exact) mass is 317 g/mol. The van der Waals surface area contributed by atoms with E-state index >= 15 is 0 Å². The summed E-state index contributed by atoms with van der Waals surface area (Å²) in [5.74, 6) is 0.771. The molecule has 2 N–H and O–H groups in total. The molecule has 2 aromatic rings. The van der Waals surface area contributed by atoms with E-state index in [-0.39, 0.29) is 12.6 Å². The minimum Gasteiger partial charge on any atom is -0.481 e. The van der Waals surface area contributed by atoms with Gasteiger partial charge >= 0.3 is 0 Å². The van der Waals surface area contributed by atoms with E-state index in [1.165, 1.54) is 5.56 Å². The molecule has 126 valence electrons. The summed E-state index contributed by atoms with van der Waals surface area (Å²) in [5.41, 5.74) is 4.47. The minimum atomic E-state index is -0.101. The van der Waals surface area contributed by atoms with Crippen molar-refractivity contribution in [3.05, 3.63) is 46.6 Å². The molecule has 0 radical (unpaired) electrons. The fourth-order valence-electron chi connectivity index (χ4n) is 2.82. The highest BCUT2D eigenvalue weighted by Crippen LogP contribution is 2.23. The van der Waals surface area contributed by atoms with Crippen LogP contribution in [-0.2, 0) is 26.4 Å². The Balaban J connectivity index is 2.14. The number of aryl methyl sites for hydroxylation is 3. The van der Waals surface area contributed by atoms with Crippen molar-refractivity contribution in [3.8, 4) is 5.88 Å². The summed E-state index contributed by atoms with van der Waals surface area (Å²) in [4.78, 5) is 0. The Bertz CT molecular complexity index is 620. The van der Waals surface area contributed by atoms with E-state index in [1.54, 1.807) is 11.8 Å². The molecule has 0 spiro atoms. The van der Waals surface area contributed by atoms with Gasteiger partial charge in [-0.25, -0.2) is 4.68 Å². The zero-order valence-corrected chi connectivity index (χ0v) is 14.5. The molecule has 1 atom stereocenters. The maximum Gasteiger partial charge on any atom is 0.216 e. The summed E-state index contributed by atoms with van der Waals surface area (Å²) in [5, 5.41) is 17.6. The highest BCUT2D eigenvalue weighted by molar-refractivity contribution is 5.32. The number of methoxy groups -OCH3 is 1. The smallest absolute Gasteiger partial charge is 0.216 e. The third-order valence-corrected chi connectivity index (χ3v) is 4.20. The Morgan fingerprint density at radius 3 is 2.43 bits per heavy atom. The van der Waals surface area contributed by atoms with Crippen molar-refractivity contribution in [3.63, 3.8) is 0 Å². The standard InChI is InChI=1S/C18H27N3O2/c1-5-13-7-9-14(10-8-13)17(12-22)19-11-15-16(6-2)20-21(3)18(15)23-4/h7-10,17,19,22H,5-6,11-12H2,1-4H3. The molecule has 0 saturated carbocycles.